The van der Waals surface area contributed by atoms with Crippen LogP contribution in [0.2, 0.25) is 0 Å². The maximum Gasteiger partial charge on any atom is 0.193 e. The molecule has 1 unspecified atom stereocenters. The van der Waals surface area contributed by atoms with Gasteiger partial charge in [-0.1, -0.05) is 0 Å². The lowest BCUT2D eigenvalue weighted by atomic mass is 10.2. The molecule has 138 valence electrons. The van der Waals surface area contributed by atoms with E-state index in [0.717, 1.165) is 12.0 Å². The molecular weight excluding hydrogens is 330 g/mol. The van der Waals surface area contributed by atoms with Crippen molar-refractivity contribution in [1.29, 1.82) is 0 Å². The smallest absolute Gasteiger partial charge is 0.193 e. The number of benzene rings is 1. The lowest BCUT2D eigenvalue weighted by molar-refractivity contribution is -0.0851. The first-order valence-corrected chi connectivity index (χ1v) is 8.52. The first-order chi connectivity index (χ1) is 12.2. The third kappa shape index (κ3) is 4.58. The number of nitrogens with zero attached hydrogens (tertiary/aromatic N) is 3. The Bertz CT molecular complexity index is 600. The Hall–Kier alpha value is -1.93. The minimum absolute atomic E-state index is 0.0215. The molecule has 3 rings (SSSR count). The SMILES string of the molecule is CN=C(NCC1COCCO1)N1CCN(c2cc(F)ccc2F)CC1. The topological polar surface area (TPSA) is 49.3 Å². The second kappa shape index (κ2) is 8.44. The van der Waals surface area contributed by atoms with Gasteiger partial charge in [-0.25, -0.2) is 8.78 Å². The lowest BCUT2D eigenvalue weighted by Gasteiger charge is -2.38. The second-order valence-electron chi connectivity index (χ2n) is 6.07. The van der Waals surface area contributed by atoms with Crippen LogP contribution in [-0.4, -0.2) is 76.6 Å². The van der Waals surface area contributed by atoms with Crippen LogP contribution in [0.1, 0.15) is 0 Å². The van der Waals surface area contributed by atoms with E-state index >= 15 is 0 Å². The molecule has 0 bridgehead atoms. The summed E-state index contributed by atoms with van der Waals surface area (Å²) in [5.41, 5.74) is 0.315. The molecule has 2 heterocycles. The molecule has 0 aliphatic carbocycles. The zero-order chi connectivity index (χ0) is 17.6. The third-order valence-electron chi connectivity index (χ3n) is 4.41. The molecule has 0 saturated carbocycles. The number of hydrogen-bond acceptors (Lipinski definition) is 4. The molecular formula is C17H24F2N4O2. The molecule has 0 amide bonds. The van der Waals surface area contributed by atoms with Crippen molar-refractivity contribution in [3.63, 3.8) is 0 Å². The van der Waals surface area contributed by atoms with Crippen LogP contribution in [0.15, 0.2) is 23.2 Å². The first-order valence-electron chi connectivity index (χ1n) is 8.52. The Morgan fingerprint density at radius 3 is 2.72 bits per heavy atom. The molecule has 25 heavy (non-hydrogen) atoms. The highest BCUT2D eigenvalue weighted by Crippen LogP contribution is 2.21. The fourth-order valence-corrected chi connectivity index (χ4v) is 3.08. The Morgan fingerprint density at radius 1 is 1.24 bits per heavy atom. The van der Waals surface area contributed by atoms with Crippen LogP contribution in [0, 0.1) is 11.6 Å². The largest absolute Gasteiger partial charge is 0.376 e. The average molecular weight is 354 g/mol. The Labute approximate surface area is 146 Å². The number of aliphatic imine (C=N–C) groups is 1. The number of guanidine groups is 1. The normalized spacial score (nSPS) is 22.2. The zero-order valence-corrected chi connectivity index (χ0v) is 14.4. The summed E-state index contributed by atoms with van der Waals surface area (Å²) in [4.78, 5) is 8.28. The van der Waals surface area contributed by atoms with Gasteiger partial charge in [-0.05, 0) is 12.1 Å². The molecule has 0 radical (unpaired) electrons. The summed E-state index contributed by atoms with van der Waals surface area (Å²) in [6.07, 6.45) is 0.0215. The van der Waals surface area contributed by atoms with Crippen molar-refractivity contribution in [3.05, 3.63) is 29.8 Å². The number of anilines is 1. The maximum absolute atomic E-state index is 13.9. The fourth-order valence-electron chi connectivity index (χ4n) is 3.08. The van der Waals surface area contributed by atoms with E-state index in [9.17, 15) is 8.78 Å². The van der Waals surface area contributed by atoms with Crippen LogP contribution in [0.25, 0.3) is 0 Å². The van der Waals surface area contributed by atoms with Crippen molar-refractivity contribution in [3.8, 4) is 0 Å². The summed E-state index contributed by atoms with van der Waals surface area (Å²) in [6, 6.07) is 3.56. The van der Waals surface area contributed by atoms with Crippen molar-refractivity contribution >= 4 is 11.6 Å². The van der Waals surface area contributed by atoms with E-state index in [1.54, 1.807) is 7.05 Å². The number of nitrogens with one attached hydrogen (secondary N) is 1. The standard InChI is InChI=1S/C17H24F2N4O2/c1-20-17(21-11-14-12-24-8-9-25-14)23-6-4-22(5-7-23)16-10-13(18)2-3-15(16)19/h2-3,10,14H,4-9,11-12H2,1H3,(H,20,21). The van der Waals surface area contributed by atoms with Crippen molar-refractivity contribution < 1.29 is 18.3 Å². The average Bonchev–Trinajstić information content (AvgIpc) is 2.66. The number of ether oxygens (including phenoxy) is 2. The summed E-state index contributed by atoms with van der Waals surface area (Å²) < 4.78 is 38.3. The van der Waals surface area contributed by atoms with E-state index in [0.29, 0.717) is 58.2 Å². The van der Waals surface area contributed by atoms with Gasteiger partial charge in [0.25, 0.3) is 0 Å². The van der Waals surface area contributed by atoms with Crippen molar-refractivity contribution in [2.24, 2.45) is 4.99 Å². The van der Waals surface area contributed by atoms with Crippen LogP contribution in [0.5, 0.6) is 0 Å². The minimum Gasteiger partial charge on any atom is -0.376 e. The van der Waals surface area contributed by atoms with E-state index < -0.39 is 11.6 Å². The Kier molecular flexibility index (Phi) is 6.04. The van der Waals surface area contributed by atoms with Crippen molar-refractivity contribution in [2.75, 3.05) is 64.5 Å². The quantitative estimate of drug-likeness (QED) is 0.650. The van der Waals surface area contributed by atoms with Gasteiger partial charge in [-0.3, -0.25) is 4.99 Å². The summed E-state index contributed by atoms with van der Waals surface area (Å²) >= 11 is 0. The van der Waals surface area contributed by atoms with Crippen LogP contribution in [0.3, 0.4) is 0 Å². The Balaban J connectivity index is 1.52. The molecule has 1 aromatic rings. The van der Waals surface area contributed by atoms with E-state index in [4.69, 9.17) is 9.47 Å². The highest BCUT2D eigenvalue weighted by Gasteiger charge is 2.23. The number of halogens is 2. The Morgan fingerprint density at radius 2 is 2.04 bits per heavy atom. The van der Waals surface area contributed by atoms with Crippen LogP contribution >= 0.6 is 0 Å². The highest BCUT2D eigenvalue weighted by molar-refractivity contribution is 5.80. The fraction of sp³-hybridized carbons (Fsp3) is 0.588. The molecule has 0 spiro atoms. The molecule has 6 nitrogen and oxygen atoms in total. The number of rotatable bonds is 3. The number of piperazine rings is 1. The van der Waals surface area contributed by atoms with E-state index in [1.165, 1.54) is 12.1 Å². The van der Waals surface area contributed by atoms with Gasteiger partial charge in [0.05, 0.1) is 31.6 Å². The second-order valence-corrected chi connectivity index (χ2v) is 6.07. The molecule has 2 aliphatic rings. The van der Waals surface area contributed by atoms with Crippen LogP contribution in [-0.2, 0) is 9.47 Å². The zero-order valence-electron chi connectivity index (χ0n) is 14.4. The molecule has 2 fully saturated rings. The molecule has 2 saturated heterocycles. The molecule has 1 N–H and O–H groups in total. The predicted molar refractivity (Wildman–Crippen MR) is 92.1 cm³/mol. The van der Waals surface area contributed by atoms with Gasteiger partial charge in [0.1, 0.15) is 11.6 Å². The van der Waals surface area contributed by atoms with E-state index in [2.05, 4.69) is 15.2 Å². The summed E-state index contributed by atoms with van der Waals surface area (Å²) in [7, 11) is 1.74. The van der Waals surface area contributed by atoms with Gasteiger partial charge >= 0.3 is 0 Å². The van der Waals surface area contributed by atoms with Crippen molar-refractivity contribution in [1.82, 2.24) is 10.2 Å². The van der Waals surface area contributed by atoms with Crippen molar-refractivity contribution in [2.45, 2.75) is 6.10 Å². The van der Waals surface area contributed by atoms with Gasteiger partial charge < -0.3 is 24.6 Å². The summed E-state index contributed by atoms with van der Waals surface area (Å²) in [5.74, 6) is -0.0358. The van der Waals surface area contributed by atoms with Gasteiger partial charge in [-0.15, -0.1) is 0 Å². The van der Waals surface area contributed by atoms with Gasteiger partial charge in [0, 0.05) is 45.8 Å². The lowest BCUT2D eigenvalue weighted by Crippen LogP contribution is -2.54. The minimum atomic E-state index is -0.425. The monoisotopic (exact) mass is 354 g/mol. The maximum atomic E-state index is 13.9. The van der Waals surface area contributed by atoms with Gasteiger partial charge in [0.2, 0.25) is 0 Å². The summed E-state index contributed by atoms with van der Waals surface area (Å²) in [6.45, 7) is 5.03. The predicted octanol–water partition coefficient (Wildman–Crippen LogP) is 1.08. The third-order valence-corrected chi connectivity index (χ3v) is 4.41. The van der Waals surface area contributed by atoms with Crippen LogP contribution < -0.4 is 10.2 Å². The van der Waals surface area contributed by atoms with Gasteiger partial charge in [-0.2, -0.15) is 0 Å². The molecule has 8 heteroatoms. The molecule has 1 aromatic carbocycles. The molecule has 1 atom stereocenters. The van der Waals surface area contributed by atoms with Gasteiger partial charge in [0.15, 0.2) is 5.96 Å². The van der Waals surface area contributed by atoms with E-state index in [1.807, 2.05) is 4.90 Å². The van der Waals surface area contributed by atoms with Crippen LogP contribution in [0.4, 0.5) is 14.5 Å². The van der Waals surface area contributed by atoms with E-state index in [-0.39, 0.29) is 6.10 Å². The molecule has 0 aromatic heterocycles. The summed E-state index contributed by atoms with van der Waals surface area (Å²) in [5, 5.41) is 3.30. The molecule has 2 aliphatic heterocycles. The first kappa shape index (κ1) is 17.9. The highest BCUT2D eigenvalue weighted by atomic mass is 19.1. The number of hydrogen-bond donors (Lipinski definition) is 1.